The molecule has 6 heteroatoms. The standard InChI is InChI=1S/C12H13N3O3/c1-2-8-4-3-7-13-11(8)12-14-9(18-15-12)5-6-10(16)17/h3-4,7H,2,5-6H2,1H3,(H,16,17). The molecular formula is C12H13N3O3. The molecule has 0 spiro atoms. The van der Waals surface area contributed by atoms with Crippen LogP contribution >= 0.6 is 0 Å². The van der Waals surface area contributed by atoms with Crippen molar-refractivity contribution in [2.45, 2.75) is 26.2 Å². The Morgan fingerprint density at radius 2 is 2.33 bits per heavy atom. The fraction of sp³-hybridized carbons (Fsp3) is 0.333. The minimum atomic E-state index is -0.887. The van der Waals surface area contributed by atoms with Gasteiger partial charge in [-0.2, -0.15) is 4.98 Å². The second kappa shape index (κ2) is 5.39. The lowest BCUT2D eigenvalue weighted by Crippen LogP contribution is -1.98. The number of nitrogens with zero attached hydrogens (tertiary/aromatic N) is 3. The third-order valence-corrected chi connectivity index (χ3v) is 2.50. The molecular weight excluding hydrogens is 234 g/mol. The van der Waals surface area contributed by atoms with Crippen LogP contribution < -0.4 is 0 Å². The number of carbonyl (C=O) groups is 1. The molecule has 0 aliphatic rings. The van der Waals surface area contributed by atoms with Crippen molar-refractivity contribution in [1.82, 2.24) is 15.1 Å². The van der Waals surface area contributed by atoms with Gasteiger partial charge in [-0.15, -0.1) is 0 Å². The minimum Gasteiger partial charge on any atom is -0.481 e. The normalized spacial score (nSPS) is 10.5. The molecule has 0 amide bonds. The van der Waals surface area contributed by atoms with Crippen LogP contribution in [0.3, 0.4) is 0 Å². The SMILES string of the molecule is CCc1cccnc1-c1noc(CCC(=O)O)n1. The Bertz CT molecular complexity index is 551. The van der Waals surface area contributed by atoms with E-state index in [2.05, 4.69) is 15.1 Å². The van der Waals surface area contributed by atoms with Gasteiger partial charge >= 0.3 is 5.97 Å². The van der Waals surface area contributed by atoms with Crippen LogP contribution in [0.4, 0.5) is 0 Å². The van der Waals surface area contributed by atoms with E-state index in [9.17, 15) is 4.79 Å². The summed E-state index contributed by atoms with van der Waals surface area (Å²) in [6, 6.07) is 3.81. The predicted octanol–water partition coefficient (Wildman–Crippen LogP) is 1.71. The predicted molar refractivity (Wildman–Crippen MR) is 62.9 cm³/mol. The summed E-state index contributed by atoms with van der Waals surface area (Å²) in [4.78, 5) is 18.8. The molecule has 0 atom stereocenters. The summed E-state index contributed by atoms with van der Waals surface area (Å²) >= 11 is 0. The number of aryl methyl sites for hydroxylation is 2. The molecule has 18 heavy (non-hydrogen) atoms. The lowest BCUT2D eigenvalue weighted by atomic mass is 10.1. The Morgan fingerprint density at radius 1 is 1.50 bits per heavy atom. The molecule has 0 fully saturated rings. The van der Waals surface area contributed by atoms with Crippen LogP contribution in [0.1, 0.15) is 24.8 Å². The van der Waals surface area contributed by atoms with Gasteiger partial charge in [0, 0.05) is 12.6 Å². The number of pyridine rings is 1. The third kappa shape index (κ3) is 2.71. The second-order valence-corrected chi connectivity index (χ2v) is 3.77. The molecule has 94 valence electrons. The van der Waals surface area contributed by atoms with Crippen LogP contribution in [-0.2, 0) is 17.6 Å². The molecule has 2 heterocycles. The van der Waals surface area contributed by atoms with E-state index >= 15 is 0 Å². The first kappa shape index (κ1) is 12.2. The highest BCUT2D eigenvalue weighted by Gasteiger charge is 2.13. The molecule has 2 aromatic heterocycles. The van der Waals surface area contributed by atoms with Gasteiger partial charge in [0.2, 0.25) is 11.7 Å². The lowest BCUT2D eigenvalue weighted by molar-refractivity contribution is -0.137. The van der Waals surface area contributed by atoms with E-state index < -0.39 is 5.97 Å². The molecule has 6 nitrogen and oxygen atoms in total. The second-order valence-electron chi connectivity index (χ2n) is 3.77. The molecule has 0 saturated carbocycles. The van der Waals surface area contributed by atoms with Crippen LogP contribution in [0.5, 0.6) is 0 Å². The number of hydrogen-bond donors (Lipinski definition) is 1. The van der Waals surface area contributed by atoms with Crippen LogP contribution in [0.15, 0.2) is 22.9 Å². The molecule has 2 aromatic rings. The van der Waals surface area contributed by atoms with Gasteiger partial charge in [0.1, 0.15) is 5.69 Å². The van der Waals surface area contributed by atoms with Crippen molar-refractivity contribution in [3.05, 3.63) is 29.8 Å². The van der Waals surface area contributed by atoms with E-state index in [1.54, 1.807) is 6.20 Å². The first-order chi connectivity index (χ1) is 8.70. The third-order valence-electron chi connectivity index (χ3n) is 2.50. The highest BCUT2D eigenvalue weighted by atomic mass is 16.5. The van der Waals surface area contributed by atoms with E-state index in [1.807, 2.05) is 19.1 Å². The minimum absolute atomic E-state index is 0.0233. The van der Waals surface area contributed by atoms with Crippen molar-refractivity contribution >= 4 is 5.97 Å². The summed E-state index contributed by atoms with van der Waals surface area (Å²) in [6.07, 6.45) is 2.70. The lowest BCUT2D eigenvalue weighted by Gasteiger charge is -2.00. The number of aromatic nitrogens is 3. The molecule has 1 N–H and O–H groups in total. The smallest absolute Gasteiger partial charge is 0.303 e. The Balaban J connectivity index is 2.21. The maximum Gasteiger partial charge on any atom is 0.303 e. The molecule has 0 aliphatic heterocycles. The monoisotopic (exact) mass is 247 g/mol. The molecule has 0 aliphatic carbocycles. The zero-order valence-corrected chi connectivity index (χ0v) is 9.96. The summed E-state index contributed by atoms with van der Waals surface area (Å²) in [5.41, 5.74) is 1.72. The highest BCUT2D eigenvalue weighted by Crippen LogP contribution is 2.18. The number of rotatable bonds is 5. The van der Waals surface area contributed by atoms with Crippen molar-refractivity contribution in [2.24, 2.45) is 0 Å². The summed E-state index contributed by atoms with van der Waals surface area (Å²) < 4.78 is 5.00. The van der Waals surface area contributed by atoms with Gasteiger partial charge in [0.15, 0.2) is 0 Å². The van der Waals surface area contributed by atoms with E-state index in [0.29, 0.717) is 17.4 Å². The number of hydrogen-bond acceptors (Lipinski definition) is 5. The van der Waals surface area contributed by atoms with Crippen molar-refractivity contribution in [3.63, 3.8) is 0 Å². The van der Waals surface area contributed by atoms with E-state index in [-0.39, 0.29) is 12.8 Å². The zero-order valence-electron chi connectivity index (χ0n) is 9.96. The molecule has 0 bridgehead atoms. The fourth-order valence-corrected chi connectivity index (χ4v) is 1.59. The quantitative estimate of drug-likeness (QED) is 0.865. The van der Waals surface area contributed by atoms with Crippen LogP contribution in [-0.4, -0.2) is 26.2 Å². The van der Waals surface area contributed by atoms with Gasteiger partial charge < -0.3 is 9.63 Å². The summed E-state index contributed by atoms with van der Waals surface area (Å²) in [7, 11) is 0. The first-order valence-electron chi connectivity index (χ1n) is 5.69. The number of carboxylic acids is 1. The first-order valence-corrected chi connectivity index (χ1v) is 5.69. The Labute approximate surface area is 104 Å². The molecule has 0 unspecified atom stereocenters. The molecule has 0 radical (unpaired) electrons. The Morgan fingerprint density at radius 3 is 3.06 bits per heavy atom. The molecule has 0 saturated heterocycles. The van der Waals surface area contributed by atoms with Crippen molar-refractivity contribution < 1.29 is 14.4 Å². The van der Waals surface area contributed by atoms with Crippen molar-refractivity contribution in [3.8, 4) is 11.5 Å². The van der Waals surface area contributed by atoms with Gasteiger partial charge in [-0.3, -0.25) is 9.78 Å². The van der Waals surface area contributed by atoms with Crippen LogP contribution in [0, 0.1) is 0 Å². The van der Waals surface area contributed by atoms with E-state index in [4.69, 9.17) is 9.63 Å². The topological polar surface area (TPSA) is 89.1 Å². The van der Waals surface area contributed by atoms with Crippen molar-refractivity contribution in [1.29, 1.82) is 0 Å². The molecule has 2 rings (SSSR count). The van der Waals surface area contributed by atoms with Gasteiger partial charge in [-0.05, 0) is 18.1 Å². The average molecular weight is 247 g/mol. The number of carboxylic acid groups (broad SMARTS) is 1. The molecule has 0 aromatic carbocycles. The van der Waals surface area contributed by atoms with Crippen LogP contribution in [0.25, 0.3) is 11.5 Å². The summed E-state index contributed by atoms with van der Waals surface area (Å²) in [5.74, 6) is -0.158. The highest BCUT2D eigenvalue weighted by molar-refractivity contribution is 5.66. The average Bonchev–Trinajstić information content (AvgIpc) is 2.85. The van der Waals surface area contributed by atoms with E-state index in [0.717, 1.165) is 12.0 Å². The van der Waals surface area contributed by atoms with Gasteiger partial charge in [0.25, 0.3) is 0 Å². The van der Waals surface area contributed by atoms with Crippen LogP contribution in [0.2, 0.25) is 0 Å². The maximum atomic E-state index is 10.4. The summed E-state index contributed by atoms with van der Waals surface area (Å²) in [5, 5.41) is 12.4. The maximum absolute atomic E-state index is 10.4. The Hall–Kier alpha value is -2.24. The van der Waals surface area contributed by atoms with Gasteiger partial charge in [-0.25, -0.2) is 0 Å². The van der Waals surface area contributed by atoms with E-state index in [1.165, 1.54) is 0 Å². The van der Waals surface area contributed by atoms with Gasteiger partial charge in [-0.1, -0.05) is 18.1 Å². The zero-order chi connectivity index (χ0) is 13.0. The largest absolute Gasteiger partial charge is 0.481 e. The van der Waals surface area contributed by atoms with Gasteiger partial charge in [0.05, 0.1) is 6.42 Å². The Kier molecular flexibility index (Phi) is 3.66. The summed E-state index contributed by atoms with van der Waals surface area (Å²) in [6.45, 7) is 2.02. The number of aliphatic carboxylic acids is 1. The fourth-order valence-electron chi connectivity index (χ4n) is 1.59. The van der Waals surface area contributed by atoms with Crippen molar-refractivity contribution in [2.75, 3.05) is 0 Å².